The summed E-state index contributed by atoms with van der Waals surface area (Å²) < 4.78 is 9.98. The fourth-order valence-electron chi connectivity index (χ4n) is 3.17. The molecule has 2 unspecified atom stereocenters. The molecule has 0 saturated heterocycles. The minimum atomic E-state index is -1.55. The highest BCUT2D eigenvalue weighted by Crippen LogP contribution is 2.24. The summed E-state index contributed by atoms with van der Waals surface area (Å²) >= 11 is 0. The molecule has 0 heterocycles. The van der Waals surface area contributed by atoms with Crippen molar-refractivity contribution in [1.29, 1.82) is 5.26 Å². The smallest absolute Gasteiger partial charge is 0.408 e. The summed E-state index contributed by atoms with van der Waals surface area (Å²) in [5.74, 6) is -3.29. The monoisotopic (exact) mass is 519 g/mol. The second-order valence-corrected chi connectivity index (χ2v) is 8.83. The normalized spacial score (nSPS) is 12.3. The summed E-state index contributed by atoms with van der Waals surface area (Å²) in [6, 6.07) is 4.12. The van der Waals surface area contributed by atoms with Crippen molar-refractivity contribution >= 4 is 29.8 Å². The molecule has 2 atom stereocenters. The molecule has 37 heavy (non-hydrogen) atoms. The summed E-state index contributed by atoms with van der Waals surface area (Å²) in [7, 11) is 0. The number of amides is 4. The van der Waals surface area contributed by atoms with E-state index in [0.717, 1.165) is 4.90 Å². The number of nitrogens with one attached hydrogen (secondary N) is 2. The zero-order valence-electron chi connectivity index (χ0n) is 21.3. The Bertz CT molecular complexity index is 1010. The Labute approximate surface area is 214 Å². The van der Waals surface area contributed by atoms with Crippen LogP contribution in [0, 0.1) is 11.3 Å². The zero-order chi connectivity index (χ0) is 28.2. The molecule has 0 aliphatic rings. The number of alkyl carbamates (subject to hydrolysis) is 1. The molecule has 5 N–H and O–H groups in total. The predicted molar refractivity (Wildman–Crippen MR) is 129 cm³/mol. The first-order valence-electron chi connectivity index (χ1n) is 11.5. The van der Waals surface area contributed by atoms with E-state index in [-0.39, 0.29) is 30.9 Å². The van der Waals surface area contributed by atoms with E-state index in [1.54, 1.807) is 33.8 Å². The maximum Gasteiger partial charge on any atom is 0.408 e. The summed E-state index contributed by atoms with van der Waals surface area (Å²) in [4.78, 5) is 63.2. The Morgan fingerprint density at radius 3 is 2.30 bits per heavy atom. The Morgan fingerprint density at radius 2 is 1.78 bits per heavy atom. The highest BCUT2D eigenvalue weighted by atomic mass is 16.6. The number of nitrogens with two attached hydrogens (primary N) is 1. The lowest BCUT2D eigenvalue weighted by Gasteiger charge is -2.32. The number of benzene rings is 1. The van der Waals surface area contributed by atoms with E-state index in [9.17, 15) is 34.3 Å². The molecule has 0 aliphatic heterocycles. The number of hydrogen-bond donors (Lipinski definition) is 4. The van der Waals surface area contributed by atoms with E-state index in [2.05, 4.69) is 10.6 Å². The lowest BCUT2D eigenvalue weighted by molar-refractivity contribution is -0.144. The van der Waals surface area contributed by atoms with Crippen molar-refractivity contribution in [3.8, 4) is 11.8 Å². The molecule has 1 aromatic rings. The van der Waals surface area contributed by atoms with Gasteiger partial charge in [0.05, 0.1) is 25.5 Å². The third kappa shape index (κ3) is 10.9. The van der Waals surface area contributed by atoms with Gasteiger partial charge in [0.25, 0.3) is 0 Å². The van der Waals surface area contributed by atoms with Crippen LogP contribution in [0.3, 0.4) is 0 Å². The summed E-state index contributed by atoms with van der Waals surface area (Å²) in [5, 5.41) is 23.9. The van der Waals surface area contributed by atoms with Gasteiger partial charge < -0.3 is 35.8 Å². The van der Waals surface area contributed by atoms with Gasteiger partial charge in [-0.05, 0) is 45.4 Å². The van der Waals surface area contributed by atoms with E-state index < -0.39 is 60.4 Å². The summed E-state index contributed by atoms with van der Waals surface area (Å²) in [5.41, 5.74) is 4.57. The molecule has 0 aromatic heterocycles. The van der Waals surface area contributed by atoms with Crippen LogP contribution in [0.1, 0.15) is 52.1 Å². The van der Waals surface area contributed by atoms with E-state index in [0.29, 0.717) is 0 Å². The predicted octanol–water partition coefficient (Wildman–Crippen LogP) is 0.624. The van der Waals surface area contributed by atoms with Gasteiger partial charge in [-0.25, -0.2) is 4.79 Å². The molecule has 13 heteroatoms. The number of nitriles is 1. The van der Waals surface area contributed by atoms with Gasteiger partial charge in [-0.3, -0.25) is 19.2 Å². The highest BCUT2D eigenvalue weighted by molar-refractivity contribution is 5.94. The molecule has 0 aliphatic carbocycles. The first-order valence-corrected chi connectivity index (χ1v) is 11.5. The fraction of sp³-hybridized carbons (Fsp3) is 0.500. The van der Waals surface area contributed by atoms with Crippen LogP contribution in [0.15, 0.2) is 24.3 Å². The van der Waals surface area contributed by atoms with Gasteiger partial charge in [0.2, 0.25) is 17.7 Å². The van der Waals surface area contributed by atoms with Crippen molar-refractivity contribution < 1.29 is 38.6 Å². The van der Waals surface area contributed by atoms with Crippen LogP contribution in [-0.4, -0.2) is 71.1 Å². The van der Waals surface area contributed by atoms with E-state index in [4.69, 9.17) is 15.2 Å². The van der Waals surface area contributed by atoms with Gasteiger partial charge in [-0.1, -0.05) is 12.1 Å². The molecule has 0 bridgehead atoms. The topological polar surface area (TPSA) is 201 Å². The summed E-state index contributed by atoms with van der Waals surface area (Å²) in [6.07, 6.45) is -1.78. The van der Waals surface area contributed by atoms with Crippen LogP contribution < -0.4 is 16.4 Å². The number of carbonyl (C=O) groups is 5. The highest BCUT2D eigenvalue weighted by Gasteiger charge is 2.37. The molecule has 13 nitrogen and oxygen atoms in total. The number of hydrogen-bond acceptors (Lipinski definition) is 9. The molecule has 1 aromatic carbocycles. The molecule has 4 amide bonds. The Balaban J connectivity index is 3.35. The number of aromatic hydroxyl groups is 1. The SMILES string of the molecule is CCOC(=O)CCNC(=O)C(c1ccc(O)cc1)N(CC#N)C(=O)C(CC(N)=O)NC(=O)OC(C)(C)C. The van der Waals surface area contributed by atoms with Crippen molar-refractivity contribution in [1.82, 2.24) is 15.5 Å². The fourth-order valence-corrected chi connectivity index (χ4v) is 3.17. The molecular weight excluding hydrogens is 486 g/mol. The Kier molecular flexibility index (Phi) is 11.8. The van der Waals surface area contributed by atoms with Crippen molar-refractivity contribution in [2.24, 2.45) is 5.73 Å². The van der Waals surface area contributed by atoms with Gasteiger partial charge >= 0.3 is 12.1 Å². The standard InChI is InChI=1S/C24H33N5O8/c1-5-36-19(32)10-12-27-21(33)20(15-6-8-16(30)9-7-15)29(13-11-25)22(34)17(14-18(26)31)28-23(35)37-24(2,3)4/h6-9,17,20,30H,5,10,12-14H2,1-4H3,(H2,26,31)(H,27,33)(H,28,35). The number of phenols is 1. The molecular formula is C24H33N5O8. The number of carbonyl (C=O) groups excluding carboxylic acids is 5. The minimum Gasteiger partial charge on any atom is -0.508 e. The van der Waals surface area contributed by atoms with E-state index >= 15 is 0 Å². The number of rotatable bonds is 12. The van der Waals surface area contributed by atoms with Crippen molar-refractivity contribution in [3.05, 3.63) is 29.8 Å². The average molecular weight is 520 g/mol. The van der Waals surface area contributed by atoms with Crippen LogP contribution in [0.2, 0.25) is 0 Å². The third-order valence-electron chi connectivity index (χ3n) is 4.62. The van der Waals surface area contributed by atoms with Crippen LogP contribution in [0.5, 0.6) is 5.75 Å². The second-order valence-electron chi connectivity index (χ2n) is 8.83. The van der Waals surface area contributed by atoms with Gasteiger partial charge in [0.1, 0.15) is 30.0 Å². The number of ether oxygens (including phenoxy) is 2. The zero-order valence-corrected chi connectivity index (χ0v) is 21.3. The van der Waals surface area contributed by atoms with Crippen LogP contribution >= 0.6 is 0 Å². The van der Waals surface area contributed by atoms with Crippen molar-refractivity contribution in [2.75, 3.05) is 19.7 Å². The first-order chi connectivity index (χ1) is 17.3. The van der Waals surface area contributed by atoms with Crippen LogP contribution in [0.25, 0.3) is 0 Å². The maximum atomic E-state index is 13.5. The third-order valence-corrected chi connectivity index (χ3v) is 4.62. The summed E-state index contributed by atoms with van der Waals surface area (Å²) in [6.45, 7) is 5.86. The molecule has 202 valence electrons. The van der Waals surface area contributed by atoms with Crippen LogP contribution in [-0.2, 0) is 28.7 Å². The quantitative estimate of drug-likeness (QED) is 0.226. The molecule has 0 radical (unpaired) electrons. The minimum absolute atomic E-state index is 0.110. The lowest BCUT2D eigenvalue weighted by atomic mass is 10.0. The first kappa shape index (κ1) is 30.7. The second kappa shape index (κ2) is 14.3. The Morgan fingerprint density at radius 1 is 1.16 bits per heavy atom. The van der Waals surface area contributed by atoms with E-state index in [1.165, 1.54) is 24.3 Å². The van der Waals surface area contributed by atoms with Gasteiger partial charge in [-0.15, -0.1) is 0 Å². The van der Waals surface area contributed by atoms with E-state index in [1.807, 2.05) is 0 Å². The largest absolute Gasteiger partial charge is 0.508 e. The van der Waals surface area contributed by atoms with Crippen molar-refractivity contribution in [3.63, 3.8) is 0 Å². The van der Waals surface area contributed by atoms with Crippen LogP contribution in [0.4, 0.5) is 4.79 Å². The molecule has 0 fully saturated rings. The molecule has 0 saturated carbocycles. The average Bonchev–Trinajstić information content (AvgIpc) is 2.77. The van der Waals surface area contributed by atoms with Gasteiger partial charge in [0.15, 0.2) is 0 Å². The number of nitrogens with zero attached hydrogens (tertiary/aromatic N) is 2. The number of primary amides is 1. The lowest BCUT2D eigenvalue weighted by Crippen LogP contribution is -2.54. The van der Waals surface area contributed by atoms with Gasteiger partial charge in [0, 0.05) is 6.54 Å². The van der Waals surface area contributed by atoms with Gasteiger partial charge in [-0.2, -0.15) is 5.26 Å². The number of esters is 1. The van der Waals surface area contributed by atoms with Crippen molar-refractivity contribution in [2.45, 2.75) is 58.2 Å². The molecule has 1 rings (SSSR count). The maximum absolute atomic E-state index is 13.5. The number of phenolic OH excluding ortho intramolecular Hbond substituents is 1. The Hall–Kier alpha value is -4.34. The molecule has 0 spiro atoms.